The van der Waals surface area contributed by atoms with Crippen molar-refractivity contribution >= 4 is 12.1 Å². The Labute approximate surface area is 128 Å². The van der Waals surface area contributed by atoms with Crippen LogP contribution in [0.2, 0.25) is 0 Å². The van der Waals surface area contributed by atoms with Gasteiger partial charge in [0.05, 0.1) is 12.1 Å². The number of nitrogens with two attached hydrogens (primary N) is 1. The molecule has 0 spiro atoms. The van der Waals surface area contributed by atoms with Gasteiger partial charge in [0.2, 0.25) is 0 Å². The van der Waals surface area contributed by atoms with E-state index in [4.69, 9.17) is 10.5 Å². The number of carbonyl (C=O) groups excluding carboxylic acids is 1. The number of rotatable bonds is 6. The minimum atomic E-state index is -0.521. The second-order valence-electron chi connectivity index (χ2n) is 7.32. The van der Waals surface area contributed by atoms with Gasteiger partial charge in [-0.15, -0.1) is 0 Å². The first-order valence-electron chi connectivity index (χ1n) is 7.46. The molecule has 0 rings (SSSR count). The fourth-order valence-corrected chi connectivity index (χ4v) is 1.45. The van der Waals surface area contributed by atoms with Gasteiger partial charge in [-0.2, -0.15) is 0 Å². The van der Waals surface area contributed by atoms with Crippen LogP contribution in [0.15, 0.2) is 4.99 Å². The summed E-state index contributed by atoms with van der Waals surface area (Å²) in [5.74, 6) is 1.02. The van der Waals surface area contributed by atoms with Crippen molar-refractivity contribution in [3.63, 3.8) is 0 Å². The van der Waals surface area contributed by atoms with E-state index in [1.165, 1.54) is 0 Å². The minimum absolute atomic E-state index is 0.382. The van der Waals surface area contributed by atoms with E-state index in [2.05, 4.69) is 29.5 Å². The fourth-order valence-electron chi connectivity index (χ4n) is 1.45. The summed E-state index contributed by atoms with van der Waals surface area (Å²) >= 11 is 0. The van der Waals surface area contributed by atoms with Crippen LogP contribution < -0.4 is 16.4 Å². The largest absolute Gasteiger partial charge is 0.444 e. The molecule has 0 unspecified atom stereocenters. The highest BCUT2D eigenvalue weighted by Gasteiger charge is 2.24. The monoisotopic (exact) mass is 300 g/mol. The van der Waals surface area contributed by atoms with E-state index in [1.807, 2.05) is 34.6 Å². The number of aliphatic imine (C=N–C) groups is 1. The molecule has 0 aromatic carbocycles. The van der Waals surface area contributed by atoms with E-state index in [0.717, 1.165) is 13.0 Å². The standard InChI is InChI=1S/C15H32N4O2/c1-11(2)8-9-17-12(16)18-10-15(6,7)19-13(20)21-14(3,4)5/h11H,8-10H2,1-7H3,(H,19,20)(H3,16,17,18). The molecular weight excluding hydrogens is 268 g/mol. The van der Waals surface area contributed by atoms with Crippen molar-refractivity contribution in [1.29, 1.82) is 0 Å². The van der Waals surface area contributed by atoms with Gasteiger partial charge >= 0.3 is 6.09 Å². The predicted molar refractivity (Wildman–Crippen MR) is 87.4 cm³/mol. The number of hydrogen-bond donors (Lipinski definition) is 3. The molecule has 0 aromatic heterocycles. The maximum atomic E-state index is 11.7. The third kappa shape index (κ3) is 12.0. The first-order valence-corrected chi connectivity index (χ1v) is 7.46. The van der Waals surface area contributed by atoms with Crippen molar-refractivity contribution in [2.24, 2.45) is 16.6 Å². The second-order valence-corrected chi connectivity index (χ2v) is 7.32. The van der Waals surface area contributed by atoms with E-state index in [1.54, 1.807) is 0 Å². The highest BCUT2D eigenvalue weighted by atomic mass is 16.6. The summed E-state index contributed by atoms with van der Waals surface area (Å²) in [6.07, 6.45) is 0.588. The van der Waals surface area contributed by atoms with E-state index in [-0.39, 0.29) is 0 Å². The van der Waals surface area contributed by atoms with Gasteiger partial charge in [0, 0.05) is 6.54 Å². The summed E-state index contributed by atoms with van der Waals surface area (Å²) in [6, 6.07) is 0. The van der Waals surface area contributed by atoms with Gasteiger partial charge in [0.15, 0.2) is 5.96 Å². The number of alkyl carbamates (subject to hydrolysis) is 1. The Morgan fingerprint density at radius 3 is 2.29 bits per heavy atom. The first kappa shape index (κ1) is 19.5. The SMILES string of the molecule is CC(C)CCNC(N)=NCC(C)(C)NC(=O)OC(C)(C)C. The van der Waals surface area contributed by atoms with Gasteiger partial charge in [-0.25, -0.2) is 4.79 Å². The van der Waals surface area contributed by atoms with Crippen molar-refractivity contribution in [2.45, 2.75) is 66.0 Å². The number of ether oxygens (including phenoxy) is 1. The van der Waals surface area contributed by atoms with Crippen LogP contribution in [0.25, 0.3) is 0 Å². The molecule has 0 heterocycles. The molecule has 0 bridgehead atoms. The molecule has 0 aliphatic rings. The topological polar surface area (TPSA) is 88.7 Å². The molecule has 0 aromatic rings. The van der Waals surface area contributed by atoms with Crippen LogP contribution >= 0.6 is 0 Å². The Bertz CT molecular complexity index is 357. The Hall–Kier alpha value is -1.46. The number of hydrogen-bond acceptors (Lipinski definition) is 3. The highest BCUT2D eigenvalue weighted by molar-refractivity contribution is 5.77. The molecule has 6 heteroatoms. The van der Waals surface area contributed by atoms with Crippen molar-refractivity contribution in [3.05, 3.63) is 0 Å². The van der Waals surface area contributed by atoms with Crippen LogP contribution in [0.4, 0.5) is 4.79 Å². The van der Waals surface area contributed by atoms with Crippen LogP contribution in [0, 0.1) is 5.92 Å². The zero-order valence-corrected chi connectivity index (χ0v) is 14.5. The van der Waals surface area contributed by atoms with Gasteiger partial charge in [0.25, 0.3) is 0 Å². The van der Waals surface area contributed by atoms with Gasteiger partial charge in [-0.1, -0.05) is 13.8 Å². The Morgan fingerprint density at radius 1 is 1.24 bits per heavy atom. The maximum absolute atomic E-state index is 11.7. The molecule has 1 amide bonds. The van der Waals surface area contributed by atoms with Crippen molar-refractivity contribution in [2.75, 3.05) is 13.1 Å². The number of nitrogens with one attached hydrogen (secondary N) is 2. The number of nitrogens with zero attached hydrogens (tertiary/aromatic N) is 1. The molecule has 4 N–H and O–H groups in total. The smallest absolute Gasteiger partial charge is 0.408 e. The first-order chi connectivity index (χ1) is 9.41. The van der Waals surface area contributed by atoms with Crippen molar-refractivity contribution < 1.29 is 9.53 Å². The summed E-state index contributed by atoms with van der Waals surface area (Å²) in [6.45, 7) is 14.7. The lowest BCUT2D eigenvalue weighted by molar-refractivity contribution is 0.0476. The van der Waals surface area contributed by atoms with Crippen molar-refractivity contribution in [1.82, 2.24) is 10.6 Å². The molecule has 0 radical (unpaired) electrons. The van der Waals surface area contributed by atoms with E-state index >= 15 is 0 Å². The number of guanidine groups is 1. The summed E-state index contributed by atoms with van der Waals surface area (Å²) in [5.41, 5.74) is 4.76. The molecule has 0 aliphatic carbocycles. The quantitative estimate of drug-likeness (QED) is 0.518. The molecule has 21 heavy (non-hydrogen) atoms. The highest BCUT2D eigenvalue weighted by Crippen LogP contribution is 2.09. The lowest BCUT2D eigenvalue weighted by Gasteiger charge is -2.27. The average molecular weight is 300 g/mol. The zero-order valence-electron chi connectivity index (χ0n) is 14.5. The summed E-state index contributed by atoms with van der Waals surface area (Å²) in [4.78, 5) is 16.0. The molecule has 0 saturated carbocycles. The lowest BCUT2D eigenvalue weighted by Crippen LogP contribution is -2.48. The van der Waals surface area contributed by atoms with E-state index in [9.17, 15) is 4.79 Å². The van der Waals surface area contributed by atoms with Gasteiger partial charge < -0.3 is 21.1 Å². The second kappa shape index (κ2) is 8.10. The molecule has 0 aliphatic heterocycles. The van der Waals surface area contributed by atoms with Crippen LogP contribution in [0.3, 0.4) is 0 Å². The molecule has 6 nitrogen and oxygen atoms in total. The third-order valence-electron chi connectivity index (χ3n) is 2.51. The molecule has 0 fully saturated rings. The van der Waals surface area contributed by atoms with Crippen LogP contribution in [0.1, 0.15) is 54.9 Å². The Morgan fingerprint density at radius 2 is 1.81 bits per heavy atom. The molecule has 0 atom stereocenters. The minimum Gasteiger partial charge on any atom is -0.444 e. The van der Waals surface area contributed by atoms with Crippen LogP contribution in [-0.4, -0.2) is 36.3 Å². The van der Waals surface area contributed by atoms with E-state index in [0.29, 0.717) is 18.4 Å². The Kier molecular flexibility index (Phi) is 7.53. The normalized spacial score (nSPS) is 13.2. The van der Waals surface area contributed by atoms with E-state index < -0.39 is 17.2 Å². The van der Waals surface area contributed by atoms with Gasteiger partial charge in [-0.3, -0.25) is 4.99 Å². The maximum Gasteiger partial charge on any atom is 0.408 e. The zero-order chi connectivity index (χ0) is 16.7. The fraction of sp³-hybridized carbons (Fsp3) is 0.867. The van der Waals surface area contributed by atoms with Gasteiger partial charge in [0.1, 0.15) is 5.60 Å². The van der Waals surface area contributed by atoms with Gasteiger partial charge in [-0.05, 0) is 47.0 Å². The van der Waals surface area contributed by atoms with Crippen molar-refractivity contribution in [3.8, 4) is 0 Å². The summed E-state index contributed by atoms with van der Waals surface area (Å²) in [5, 5.41) is 5.85. The number of amides is 1. The Balaban J connectivity index is 4.24. The summed E-state index contributed by atoms with van der Waals surface area (Å²) in [7, 11) is 0. The molecular formula is C15H32N4O2. The summed E-state index contributed by atoms with van der Waals surface area (Å²) < 4.78 is 5.23. The molecule has 0 saturated heterocycles. The average Bonchev–Trinajstić information content (AvgIpc) is 2.22. The van der Waals surface area contributed by atoms with Crippen LogP contribution in [0.5, 0.6) is 0 Å². The third-order valence-corrected chi connectivity index (χ3v) is 2.51. The lowest BCUT2D eigenvalue weighted by atomic mass is 10.1. The number of carbonyl (C=O) groups is 1. The molecule has 124 valence electrons. The predicted octanol–water partition coefficient (Wildman–Crippen LogP) is 2.24. The van der Waals surface area contributed by atoms with Crippen LogP contribution in [-0.2, 0) is 4.74 Å².